The zero-order chi connectivity index (χ0) is 18.7. The van der Waals surface area contributed by atoms with Crippen molar-refractivity contribution >= 4 is 5.69 Å². The summed E-state index contributed by atoms with van der Waals surface area (Å²) in [5.41, 5.74) is 4.52. The number of nitrogens with zero attached hydrogens (tertiary/aromatic N) is 2. The summed E-state index contributed by atoms with van der Waals surface area (Å²) in [6, 6.07) is 21.6. The van der Waals surface area contributed by atoms with Crippen LogP contribution in [-0.4, -0.2) is 42.7 Å². The summed E-state index contributed by atoms with van der Waals surface area (Å²) in [6.45, 7) is 9.92. The van der Waals surface area contributed by atoms with E-state index in [-0.39, 0.29) is 24.0 Å². The third kappa shape index (κ3) is 4.25. The van der Waals surface area contributed by atoms with Crippen molar-refractivity contribution in [2.75, 3.05) is 31.1 Å². The second kappa shape index (κ2) is 9.62. The molecule has 0 saturated carbocycles. The summed E-state index contributed by atoms with van der Waals surface area (Å²) in [5, 5.41) is 0. The van der Waals surface area contributed by atoms with E-state index >= 15 is 0 Å². The van der Waals surface area contributed by atoms with Crippen LogP contribution in [0.5, 0.6) is 0 Å². The van der Waals surface area contributed by atoms with Gasteiger partial charge in [-0.05, 0) is 62.8 Å². The Bertz CT molecular complexity index is 716. The smallest absolute Gasteiger partial charge is 0.107 e. The van der Waals surface area contributed by atoms with Crippen LogP contribution in [0.25, 0.3) is 0 Å². The quantitative estimate of drug-likeness (QED) is 0.443. The van der Waals surface area contributed by atoms with Gasteiger partial charge >= 0.3 is 0 Å². The average Bonchev–Trinajstić information content (AvgIpc) is 3.16. The number of quaternary nitrogens is 1. The Hall–Kier alpha value is -1.07. The topological polar surface area (TPSA) is 3.24 Å². The van der Waals surface area contributed by atoms with Gasteiger partial charge in [0.15, 0.2) is 0 Å². The van der Waals surface area contributed by atoms with Gasteiger partial charge in [0.1, 0.15) is 6.04 Å². The fraction of sp³-hybridized carbons (Fsp3) is 0.520. The average molecular weight is 490 g/mol. The van der Waals surface area contributed by atoms with Crippen molar-refractivity contribution in [1.29, 1.82) is 0 Å². The van der Waals surface area contributed by atoms with Gasteiger partial charge in [0, 0.05) is 18.2 Å². The number of rotatable bonds is 6. The predicted molar refractivity (Wildman–Crippen MR) is 115 cm³/mol. The van der Waals surface area contributed by atoms with Crippen LogP contribution >= 0.6 is 0 Å². The van der Waals surface area contributed by atoms with E-state index < -0.39 is 0 Å². The highest BCUT2D eigenvalue weighted by Crippen LogP contribution is 2.32. The van der Waals surface area contributed by atoms with E-state index in [9.17, 15) is 0 Å². The van der Waals surface area contributed by atoms with Crippen LogP contribution in [0.3, 0.4) is 0 Å². The molecule has 2 aliphatic rings. The molecule has 3 heteroatoms. The van der Waals surface area contributed by atoms with Crippen LogP contribution in [0.4, 0.5) is 5.69 Å². The van der Waals surface area contributed by atoms with E-state index in [1.165, 1.54) is 68.5 Å². The van der Waals surface area contributed by atoms with Crippen molar-refractivity contribution in [2.24, 2.45) is 0 Å². The van der Waals surface area contributed by atoms with Gasteiger partial charge < -0.3 is 33.4 Å². The van der Waals surface area contributed by atoms with Crippen molar-refractivity contribution in [3.63, 3.8) is 0 Å². The highest BCUT2D eigenvalue weighted by atomic mass is 127. The summed E-state index contributed by atoms with van der Waals surface area (Å²) in [4.78, 5) is 2.76. The lowest BCUT2D eigenvalue weighted by atomic mass is 9.96. The van der Waals surface area contributed by atoms with Crippen LogP contribution in [0.2, 0.25) is 0 Å². The summed E-state index contributed by atoms with van der Waals surface area (Å²) >= 11 is 0. The Morgan fingerprint density at radius 1 is 0.857 bits per heavy atom. The van der Waals surface area contributed by atoms with E-state index in [1.54, 1.807) is 11.1 Å². The summed E-state index contributed by atoms with van der Waals surface area (Å²) in [6.07, 6.45) is 6.56. The molecule has 1 atom stereocenters. The van der Waals surface area contributed by atoms with Gasteiger partial charge in [-0.3, -0.25) is 0 Å². The molecular weight excluding hydrogens is 455 g/mol. The van der Waals surface area contributed by atoms with E-state index in [0.717, 1.165) is 6.04 Å². The molecule has 0 amide bonds. The molecule has 1 heterocycles. The predicted octanol–water partition coefficient (Wildman–Crippen LogP) is 2.07. The maximum atomic E-state index is 2.76. The molecule has 0 N–H and O–H groups in total. The molecule has 0 bridgehead atoms. The number of para-hydroxylation sites is 1. The van der Waals surface area contributed by atoms with Crippen molar-refractivity contribution in [2.45, 2.75) is 58.0 Å². The van der Waals surface area contributed by atoms with E-state index in [1.807, 2.05) is 0 Å². The van der Waals surface area contributed by atoms with Gasteiger partial charge in [0.25, 0.3) is 0 Å². The molecule has 2 aromatic carbocycles. The maximum Gasteiger partial charge on any atom is 0.107 e. The molecule has 1 aliphatic carbocycles. The number of halogens is 1. The van der Waals surface area contributed by atoms with Gasteiger partial charge in [-0.25, -0.2) is 0 Å². The van der Waals surface area contributed by atoms with Gasteiger partial charge in [0.05, 0.1) is 26.2 Å². The van der Waals surface area contributed by atoms with Gasteiger partial charge in [0.2, 0.25) is 0 Å². The van der Waals surface area contributed by atoms with Crippen LogP contribution in [0.1, 0.15) is 44.2 Å². The highest BCUT2D eigenvalue weighted by Gasteiger charge is 2.39. The van der Waals surface area contributed by atoms with Crippen LogP contribution in [0, 0.1) is 0 Å². The zero-order valence-electron chi connectivity index (χ0n) is 17.5. The first kappa shape index (κ1) is 21.6. The Labute approximate surface area is 188 Å². The lowest BCUT2D eigenvalue weighted by Crippen LogP contribution is -3.00. The highest BCUT2D eigenvalue weighted by molar-refractivity contribution is 5.50. The Balaban J connectivity index is 0.00000225. The van der Waals surface area contributed by atoms with Crippen LogP contribution in [0.15, 0.2) is 54.6 Å². The molecular formula is C25H35IN2. The summed E-state index contributed by atoms with van der Waals surface area (Å²) in [5.74, 6) is 0. The molecule has 1 fully saturated rings. The first-order valence-electron chi connectivity index (χ1n) is 11.0. The number of anilines is 1. The van der Waals surface area contributed by atoms with Crippen LogP contribution < -0.4 is 28.9 Å². The lowest BCUT2D eigenvalue weighted by molar-refractivity contribution is -0.951. The molecule has 2 nitrogen and oxygen atoms in total. The van der Waals surface area contributed by atoms with Crippen molar-refractivity contribution in [3.8, 4) is 0 Å². The minimum absolute atomic E-state index is 0. The molecule has 1 saturated heterocycles. The molecule has 0 aromatic heterocycles. The molecule has 1 aliphatic heterocycles. The normalized spacial score (nSPS) is 21.0. The van der Waals surface area contributed by atoms with Crippen molar-refractivity contribution in [3.05, 3.63) is 65.7 Å². The van der Waals surface area contributed by atoms with E-state index in [4.69, 9.17) is 0 Å². The zero-order valence-corrected chi connectivity index (χ0v) is 19.6. The molecule has 4 rings (SSSR count). The van der Waals surface area contributed by atoms with Gasteiger partial charge in [-0.1, -0.05) is 42.5 Å². The second-order valence-corrected chi connectivity index (χ2v) is 8.54. The van der Waals surface area contributed by atoms with Crippen molar-refractivity contribution < 1.29 is 28.5 Å². The molecule has 28 heavy (non-hydrogen) atoms. The van der Waals surface area contributed by atoms with E-state index in [2.05, 4.69) is 73.3 Å². The fourth-order valence-electron chi connectivity index (χ4n) is 5.65. The first-order chi connectivity index (χ1) is 13.3. The number of hydrogen-bond acceptors (Lipinski definition) is 1. The summed E-state index contributed by atoms with van der Waals surface area (Å²) < 4.78 is 1.31. The minimum atomic E-state index is 0. The first-order valence-corrected chi connectivity index (χ1v) is 11.0. The molecule has 152 valence electrons. The third-order valence-electron chi connectivity index (χ3n) is 7.39. The third-order valence-corrected chi connectivity index (χ3v) is 7.39. The Morgan fingerprint density at radius 3 is 2.07 bits per heavy atom. The number of likely N-dealkylation sites (tertiary alicyclic amines) is 1. The number of hydrogen-bond donors (Lipinski definition) is 0. The van der Waals surface area contributed by atoms with Gasteiger partial charge in [-0.15, -0.1) is 0 Å². The lowest BCUT2D eigenvalue weighted by Gasteiger charge is -2.49. The molecule has 1 unspecified atom stereocenters. The number of likely N-dealkylation sites (N-methyl/N-ethyl adjacent to an activating group) is 1. The monoisotopic (exact) mass is 490 g/mol. The Kier molecular flexibility index (Phi) is 7.43. The maximum absolute atomic E-state index is 2.76. The van der Waals surface area contributed by atoms with Crippen molar-refractivity contribution in [1.82, 2.24) is 0 Å². The fourth-order valence-corrected chi connectivity index (χ4v) is 5.65. The summed E-state index contributed by atoms with van der Waals surface area (Å²) in [7, 11) is 0. The van der Waals surface area contributed by atoms with E-state index in [0.29, 0.717) is 6.04 Å². The minimum Gasteiger partial charge on any atom is -1.00 e. The number of benzene rings is 2. The molecule has 2 aromatic rings. The largest absolute Gasteiger partial charge is 1.00 e. The number of piperidine rings is 1. The van der Waals surface area contributed by atoms with Gasteiger partial charge in [-0.2, -0.15) is 0 Å². The Morgan fingerprint density at radius 2 is 1.46 bits per heavy atom. The number of fused-ring (bicyclic) bond motifs is 1. The SMILES string of the molecule is CC[N+]1(CC)CCCCC1CN(c1ccccc1)C1Cc2ccccc2C1.[I-]. The second-order valence-electron chi connectivity index (χ2n) is 8.54. The van der Waals surface area contributed by atoms with Crippen LogP contribution in [-0.2, 0) is 12.8 Å². The molecule has 0 radical (unpaired) electrons. The standard InChI is InChI=1S/C25H35N2.HI/c1-3-27(4-2)17-11-10-16-25(27)20-26(23-14-6-5-7-15-23)24-18-21-12-8-9-13-22(21)19-24;/h5-9,12-15,24-25H,3-4,10-11,16-20H2,1-2H3;1H/q+1;/p-1. The molecule has 0 spiro atoms.